The van der Waals surface area contributed by atoms with Crippen LogP contribution in [0.25, 0.3) is 0 Å². The predicted molar refractivity (Wildman–Crippen MR) is 52.7 cm³/mol. The number of rotatable bonds is 3. The number of carbonyl (C=O) groups is 1. The Bertz CT molecular complexity index is 339. The van der Waals surface area contributed by atoms with Crippen LogP contribution in [0, 0.1) is 6.92 Å². The van der Waals surface area contributed by atoms with Gasteiger partial charge in [0.1, 0.15) is 11.5 Å². The third-order valence-electron chi connectivity index (χ3n) is 2.51. The van der Waals surface area contributed by atoms with Crippen molar-refractivity contribution in [2.24, 2.45) is 0 Å². The fourth-order valence-corrected chi connectivity index (χ4v) is 1.62. The molecule has 0 bridgehead atoms. The lowest BCUT2D eigenvalue weighted by Gasteiger charge is -2.18. The smallest absolute Gasteiger partial charge is 0.220 e. The fraction of sp³-hybridized carbons (Fsp3) is 0.545. The number of hydrogen-bond donors (Lipinski definition) is 0. The van der Waals surface area contributed by atoms with E-state index in [-0.39, 0.29) is 5.91 Å². The molecule has 1 aliphatic carbocycles. The van der Waals surface area contributed by atoms with Crippen LogP contribution in [0.3, 0.4) is 0 Å². The van der Waals surface area contributed by atoms with E-state index in [1.54, 1.807) is 6.92 Å². The molecule has 1 saturated carbocycles. The Morgan fingerprint density at radius 3 is 2.71 bits per heavy atom. The highest BCUT2D eigenvalue weighted by Gasteiger charge is 2.31. The maximum absolute atomic E-state index is 11.3. The average molecular weight is 193 g/mol. The summed E-state index contributed by atoms with van der Waals surface area (Å²) in [5.74, 6) is 1.92. The van der Waals surface area contributed by atoms with E-state index in [1.165, 1.54) is 0 Å². The van der Waals surface area contributed by atoms with Crippen molar-refractivity contribution >= 4 is 5.91 Å². The molecule has 1 aliphatic rings. The maximum atomic E-state index is 11.3. The van der Waals surface area contributed by atoms with Gasteiger partial charge < -0.3 is 9.32 Å². The van der Waals surface area contributed by atoms with Crippen molar-refractivity contribution in [1.82, 2.24) is 4.90 Å². The van der Waals surface area contributed by atoms with Gasteiger partial charge in [0.25, 0.3) is 0 Å². The first kappa shape index (κ1) is 9.31. The normalized spacial score (nSPS) is 15.6. The van der Waals surface area contributed by atoms with Crippen molar-refractivity contribution in [3.8, 4) is 0 Å². The minimum atomic E-state index is 0.140. The number of carbonyl (C=O) groups excluding carboxylic acids is 1. The second-order valence-corrected chi connectivity index (χ2v) is 3.89. The van der Waals surface area contributed by atoms with Crippen molar-refractivity contribution < 1.29 is 9.21 Å². The molecule has 2 rings (SSSR count). The van der Waals surface area contributed by atoms with E-state index in [0.29, 0.717) is 12.6 Å². The van der Waals surface area contributed by atoms with Gasteiger partial charge in [-0.1, -0.05) is 0 Å². The molecule has 0 saturated heterocycles. The van der Waals surface area contributed by atoms with E-state index >= 15 is 0 Å². The molecule has 14 heavy (non-hydrogen) atoms. The van der Waals surface area contributed by atoms with Crippen molar-refractivity contribution in [2.75, 3.05) is 0 Å². The van der Waals surface area contributed by atoms with Gasteiger partial charge in [-0.3, -0.25) is 4.79 Å². The summed E-state index contributed by atoms with van der Waals surface area (Å²) in [6.07, 6.45) is 2.28. The van der Waals surface area contributed by atoms with E-state index < -0.39 is 0 Å². The summed E-state index contributed by atoms with van der Waals surface area (Å²) in [5, 5.41) is 0. The molecule has 0 unspecified atom stereocenters. The van der Waals surface area contributed by atoms with E-state index in [4.69, 9.17) is 4.42 Å². The number of nitrogens with zero attached hydrogens (tertiary/aromatic N) is 1. The molecular formula is C11H15NO2. The molecule has 0 aliphatic heterocycles. The van der Waals surface area contributed by atoms with Gasteiger partial charge in [0, 0.05) is 13.0 Å². The number of amides is 1. The largest absolute Gasteiger partial charge is 0.464 e. The summed E-state index contributed by atoms with van der Waals surface area (Å²) >= 11 is 0. The molecule has 1 amide bonds. The Morgan fingerprint density at radius 2 is 2.29 bits per heavy atom. The van der Waals surface area contributed by atoms with Crippen LogP contribution in [0.2, 0.25) is 0 Å². The van der Waals surface area contributed by atoms with Gasteiger partial charge in [-0.15, -0.1) is 0 Å². The van der Waals surface area contributed by atoms with Crippen molar-refractivity contribution in [1.29, 1.82) is 0 Å². The predicted octanol–water partition coefficient (Wildman–Crippen LogP) is 2.10. The second kappa shape index (κ2) is 3.48. The van der Waals surface area contributed by atoms with Crippen LogP contribution in [0.5, 0.6) is 0 Å². The van der Waals surface area contributed by atoms with Crippen molar-refractivity contribution in [3.63, 3.8) is 0 Å². The molecule has 0 spiro atoms. The Morgan fingerprint density at radius 1 is 1.57 bits per heavy atom. The van der Waals surface area contributed by atoms with Crippen LogP contribution in [-0.2, 0) is 11.3 Å². The van der Waals surface area contributed by atoms with Crippen LogP contribution in [0.4, 0.5) is 0 Å². The highest BCUT2D eigenvalue weighted by molar-refractivity contribution is 5.73. The molecule has 1 fully saturated rings. The van der Waals surface area contributed by atoms with E-state index in [2.05, 4.69) is 0 Å². The van der Waals surface area contributed by atoms with Gasteiger partial charge in [-0.25, -0.2) is 0 Å². The lowest BCUT2D eigenvalue weighted by atomic mass is 10.3. The zero-order valence-corrected chi connectivity index (χ0v) is 8.62. The maximum Gasteiger partial charge on any atom is 0.220 e. The van der Waals surface area contributed by atoms with Gasteiger partial charge in [-0.05, 0) is 31.9 Å². The third kappa shape index (κ3) is 1.97. The second-order valence-electron chi connectivity index (χ2n) is 3.89. The van der Waals surface area contributed by atoms with Crippen LogP contribution < -0.4 is 0 Å². The van der Waals surface area contributed by atoms with Gasteiger partial charge in [0.15, 0.2) is 0 Å². The van der Waals surface area contributed by atoms with Gasteiger partial charge in [0.05, 0.1) is 6.54 Å². The lowest BCUT2D eigenvalue weighted by Crippen LogP contribution is -2.30. The molecule has 0 radical (unpaired) electrons. The number of hydrogen-bond acceptors (Lipinski definition) is 2. The van der Waals surface area contributed by atoms with Crippen LogP contribution in [-0.4, -0.2) is 16.8 Å². The summed E-state index contributed by atoms with van der Waals surface area (Å²) in [6.45, 7) is 4.15. The molecule has 1 aromatic heterocycles. The number of furan rings is 1. The number of aryl methyl sites for hydroxylation is 1. The lowest BCUT2D eigenvalue weighted by molar-refractivity contribution is -0.130. The summed E-state index contributed by atoms with van der Waals surface area (Å²) in [6, 6.07) is 4.33. The van der Waals surface area contributed by atoms with Gasteiger partial charge in [0.2, 0.25) is 5.91 Å². The Balaban J connectivity index is 2.03. The topological polar surface area (TPSA) is 33.5 Å². The third-order valence-corrected chi connectivity index (χ3v) is 2.51. The van der Waals surface area contributed by atoms with E-state index in [0.717, 1.165) is 24.4 Å². The van der Waals surface area contributed by atoms with Crippen LogP contribution >= 0.6 is 0 Å². The Kier molecular flexibility index (Phi) is 2.32. The van der Waals surface area contributed by atoms with Crippen LogP contribution in [0.15, 0.2) is 16.5 Å². The quantitative estimate of drug-likeness (QED) is 0.736. The van der Waals surface area contributed by atoms with Gasteiger partial charge >= 0.3 is 0 Å². The molecule has 0 aromatic carbocycles. The first-order chi connectivity index (χ1) is 6.66. The highest BCUT2D eigenvalue weighted by Crippen LogP contribution is 2.28. The van der Waals surface area contributed by atoms with E-state index in [1.807, 2.05) is 24.0 Å². The average Bonchev–Trinajstić information content (AvgIpc) is 2.86. The summed E-state index contributed by atoms with van der Waals surface area (Å²) in [5.41, 5.74) is 0. The molecule has 1 aromatic rings. The summed E-state index contributed by atoms with van der Waals surface area (Å²) in [4.78, 5) is 13.2. The Hall–Kier alpha value is -1.25. The first-order valence-corrected chi connectivity index (χ1v) is 4.99. The molecule has 0 atom stereocenters. The van der Waals surface area contributed by atoms with E-state index in [9.17, 15) is 4.79 Å². The van der Waals surface area contributed by atoms with Crippen molar-refractivity contribution in [2.45, 2.75) is 39.3 Å². The molecule has 1 heterocycles. The zero-order valence-electron chi connectivity index (χ0n) is 8.62. The SMILES string of the molecule is CC(=O)N(Cc1ccc(C)o1)C1CC1. The zero-order chi connectivity index (χ0) is 10.1. The standard InChI is InChI=1S/C11H15NO2/c1-8-3-6-11(14-8)7-12(9(2)13)10-4-5-10/h3,6,10H,4-5,7H2,1-2H3. The summed E-state index contributed by atoms with van der Waals surface area (Å²) < 4.78 is 5.45. The summed E-state index contributed by atoms with van der Waals surface area (Å²) in [7, 11) is 0. The molecule has 0 N–H and O–H groups in total. The fourth-order valence-electron chi connectivity index (χ4n) is 1.62. The molecule has 3 nitrogen and oxygen atoms in total. The highest BCUT2D eigenvalue weighted by atomic mass is 16.3. The van der Waals surface area contributed by atoms with Gasteiger partial charge in [-0.2, -0.15) is 0 Å². The van der Waals surface area contributed by atoms with Crippen molar-refractivity contribution in [3.05, 3.63) is 23.7 Å². The Labute approximate surface area is 83.7 Å². The monoisotopic (exact) mass is 193 g/mol. The molecular weight excluding hydrogens is 178 g/mol. The molecule has 3 heteroatoms. The van der Waals surface area contributed by atoms with Crippen LogP contribution in [0.1, 0.15) is 31.3 Å². The minimum Gasteiger partial charge on any atom is -0.464 e. The first-order valence-electron chi connectivity index (χ1n) is 4.99. The minimum absolute atomic E-state index is 0.140. The molecule has 76 valence electrons.